The van der Waals surface area contributed by atoms with Gasteiger partial charge in [-0.3, -0.25) is 0 Å². The smallest absolute Gasteiger partial charge is 0.110 e. The average molecular weight is 243 g/mol. The number of aromatic nitrogens is 2. The Labute approximate surface area is 108 Å². The Morgan fingerprint density at radius 3 is 2.67 bits per heavy atom. The molecule has 0 bridgehead atoms. The van der Waals surface area contributed by atoms with Gasteiger partial charge in [0.25, 0.3) is 0 Å². The van der Waals surface area contributed by atoms with Crippen LogP contribution in [0.4, 0.5) is 0 Å². The maximum Gasteiger partial charge on any atom is 0.110 e. The van der Waals surface area contributed by atoms with Crippen LogP contribution in [0.3, 0.4) is 0 Å². The normalized spacial score (nSPS) is 18.1. The first kappa shape index (κ1) is 11.7. The second-order valence-electron chi connectivity index (χ2n) is 5.33. The fraction of sp³-hybridized carbons (Fsp3) is 0.533. The monoisotopic (exact) mass is 243 g/mol. The molecule has 3 rings (SSSR count). The highest BCUT2D eigenvalue weighted by Crippen LogP contribution is 2.31. The summed E-state index contributed by atoms with van der Waals surface area (Å²) in [6, 6.07) is 6.22. The van der Waals surface area contributed by atoms with Crippen LogP contribution in [0.1, 0.15) is 55.8 Å². The lowest BCUT2D eigenvalue weighted by atomic mass is 10.00. The van der Waals surface area contributed by atoms with E-state index in [4.69, 9.17) is 10.7 Å². The van der Waals surface area contributed by atoms with Gasteiger partial charge < -0.3 is 10.7 Å². The van der Waals surface area contributed by atoms with Crippen molar-refractivity contribution in [1.82, 2.24) is 9.97 Å². The largest absolute Gasteiger partial charge is 0.342 e. The van der Waals surface area contributed by atoms with E-state index in [-0.39, 0.29) is 0 Å². The molecule has 1 aromatic heterocycles. The van der Waals surface area contributed by atoms with Gasteiger partial charge in [-0.15, -0.1) is 0 Å². The Kier molecular flexibility index (Phi) is 3.33. The number of hydrogen-bond donors (Lipinski definition) is 2. The Balaban J connectivity index is 1.96. The van der Waals surface area contributed by atoms with Crippen LogP contribution in [-0.4, -0.2) is 9.97 Å². The van der Waals surface area contributed by atoms with Gasteiger partial charge in [0.2, 0.25) is 0 Å². The van der Waals surface area contributed by atoms with E-state index < -0.39 is 0 Å². The van der Waals surface area contributed by atoms with Gasteiger partial charge in [0.15, 0.2) is 0 Å². The van der Waals surface area contributed by atoms with E-state index in [1.165, 1.54) is 44.3 Å². The summed E-state index contributed by atoms with van der Waals surface area (Å²) in [6.07, 6.45) is 7.99. The molecule has 1 aliphatic rings. The Bertz CT molecular complexity index is 522. The second-order valence-corrected chi connectivity index (χ2v) is 5.33. The van der Waals surface area contributed by atoms with Gasteiger partial charge in [0, 0.05) is 12.5 Å². The molecule has 2 aromatic rings. The van der Waals surface area contributed by atoms with Crippen LogP contribution in [-0.2, 0) is 6.54 Å². The predicted octanol–water partition coefficient (Wildman–Crippen LogP) is 3.46. The molecule has 96 valence electrons. The number of fused-ring (bicyclic) bond motifs is 1. The third-order valence-corrected chi connectivity index (χ3v) is 4.08. The Morgan fingerprint density at radius 1 is 1.17 bits per heavy atom. The topological polar surface area (TPSA) is 54.7 Å². The highest BCUT2D eigenvalue weighted by atomic mass is 14.9. The minimum Gasteiger partial charge on any atom is -0.342 e. The van der Waals surface area contributed by atoms with Crippen molar-refractivity contribution in [3.8, 4) is 0 Å². The van der Waals surface area contributed by atoms with Crippen molar-refractivity contribution >= 4 is 11.0 Å². The first-order valence-corrected chi connectivity index (χ1v) is 7.06. The average Bonchev–Trinajstić information content (AvgIpc) is 2.65. The summed E-state index contributed by atoms with van der Waals surface area (Å²) in [5.41, 5.74) is 9.12. The number of nitrogens with zero attached hydrogens (tertiary/aromatic N) is 1. The molecule has 3 nitrogen and oxygen atoms in total. The van der Waals surface area contributed by atoms with E-state index in [1.54, 1.807) is 0 Å². The zero-order valence-corrected chi connectivity index (χ0v) is 10.8. The van der Waals surface area contributed by atoms with E-state index >= 15 is 0 Å². The summed E-state index contributed by atoms with van der Waals surface area (Å²) >= 11 is 0. The maximum absolute atomic E-state index is 5.77. The van der Waals surface area contributed by atoms with Crippen molar-refractivity contribution < 1.29 is 0 Å². The highest BCUT2D eigenvalue weighted by molar-refractivity contribution is 5.78. The van der Waals surface area contributed by atoms with E-state index in [0.29, 0.717) is 12.5 Å². The number of para-hydroxylation sites is 1. The zero-order chi connectivity index (χ0) is 12.4. The minimum absolute atomic E-state index is 0.562. The lowest BCUT2D eigenvalue weighted by Crippen LogP contribution is -2.00. The molecule has 1 heterocycles. The fourth-order valence-electron chi connectivity index (χ4n) is 3.02. The van der Waals surface area contributed by atoms with Crippen LogP contribution in [0.2, 0.25) is 0 Å². The van der Waals surface area contributed by atoms with Crippen LogP contribution < -0.4 is 5.73 Å². The number of nitrogens with two attached hydrogens (primary N) is 1. The third kappa shape index (κ3) is 2.15. The van der Waals surface area contributed by atoms with Crippen LogP contribution >= 0.6 is 0 Å². The molecule has 3 N–H and O–H groups in total. The lowest BCUT2D eigenvalue weighted by molar-refractivity contribution is 0.567. The molecule has 0 radical (unpaired) electrons. The van der Waals surface area contributed by atoms with Crippen LogP contribution in [0, 0.1) is 0 Å². The molecule has 1 aromatic carbocycles. The fourth-order valence-corrected chi connectivity index (χ4v) is 3.02. The number of benzene rings is 1. The first-order valence-electron chi connectivity index (χ1n) is 7.06. The summed E-state index contributed by atoms with van der Waals surface area (Å²) in [7, 11) is 0. The molecular weight excluding hydrogens is 222 g/mol. The van der Waals surface area contributed by atoms with Crippen molar-refractivity contribution in [3.05, 3.63) is 29.6 Å². The van der Waals surface area contributed by atoms with Gasteiger partial charge in [-0.2, -0.15) is 0 Å². The van der Waals surface area contributed by atoms with Crippen molar-refractivity contribution in [1.29, 1.82) is 0 Å². The molecule has 1 saturated carbocycles. The molecule has 0 amide bonds. The quantitative estimate of drug-likeness (QED) is 0.794. The number of rotatable bonds is 2. The minimum atomic E-state index is 0.562. The molecule has 3 heteroatoms. The summed E-state index contributed by atoms with van der Waals surface area (Å²) in [6.45, 7) is 0.562. The van der Waals surface area contributed by atoms with E-state index in [2.05, 4.69) is 23.2 Å². The molecule has 0 atom stereocenters. The van der Waals surface area contributed by atoms with E-state index in [9.17, 15) is 0 Å². The highest BCUT2D eigenvalue weighted by Gasteiger charge is 2.18. The number of hydrogen-bond acceptors (Lipinski definition) is 2. The van der Waals surface area contributed by atoms with E-state index in [1.807, 2.05) is 0 Å². The lowest BCUT2D eigenvalue weighted by Gasteiger charge is -2.09. The predicted molar refractivity (Wildman–Crippen MR) is 74.4 cm³/mol. The summed E-state index contributed by atoms with van der Waals surface area (Å²) in [5.74, 6) is 1.79. The second kappa shape index (κ2) is 5.11. The van der Waals surface area contributed by atoms with Crippen LogP contribution in [0.15, 0.2) is 18.2 Å². The molecule has 1 fully saturated rings. The number of aromatic amines is 1. The zero-order valence-electron chi connectivity index (χ0n) is 10.8. The van der Waals surface area contributed by atoms with Crippen molar-refractivity contribution in [2.75, 3.05) is 0 Å². The molecular formula is C15H21N3. The van der Waals surface area contributed by atoms with Crippen molar-refractivity contribution in [3.63, 3.8) is 0 Å². The summed E-state index contributed by atoms with van der Waals surface area (Å²) in [4.78, 5) is 8.31. The molecule has 0 saturated heterocycles. The SMILES string of the molecule is NCc1cccc2[nH]c(C3CCCCCC3)nc12. The molecule has 18 heavy (non-hydrogen) atoms. The Hall–Kier alpha value is -1.35. The number of imidazole rings is 1. The van der Waals surface area contributed by atoms with E-state index in [0.717, 1.165) is 16.6 Å². The number of H-pyrrole nitrogens is 1. The van der Waals surface area contributed by atoms with Gasteiger partial charge >= 0.3 is 0 Å². The standard InChI is InChI=1S/C15H21N3/c16-10-12-8-5-9-13-14(12)18-15(17-13)11-6-3-1-2-4-7-11/h5,8-9,11H,1-4,6-7,10,16H2,(H,17,18). The van der Waals surface area contributed by atoms with Crippen LogP contribution in [0.5, 0.6) is 0 Å². The maximum atomic E-state index is 5.77. The van der Waals surface area contributed by atoms with Gasteiger partial charge in [-0.25, -0.2) is 4.98 Å². The number of nitrogens with one attached hydrogen (secondary N) is 1. The molecule has 0 spiro atoms. The first-order chi connectivity index (χ1) is 8.88. The van der Waals surface area contributed by atoms with Gasteiger partial charge in [-0.1, -0.05) is 37.8 Å². The Morgan fingerprint density at radius 2 is 1.94 bits per heavy atom. The van der Waals surface area contributed by atoms with Crippen LogP contribution in [0.25, 0.3) is 11.0 Å². The van der Waals surface area contributed by atoms with Crippen molar-refractivity contribution in [2.24, 2.45) is 5.73 Å². The molecule has 0 unspecified atom stereocenters. The molecule has 1 aliphatic carbocycles. The summed E-state index contributed by atoms with van der Waals surface area (Å²) in [5, 5.41) is 0. The van der Waals surface area contributed by atoms with Gasteiger partial charge in [0.1, 0.15) is 5.82 Å². The van der Waals surface area contributed by atoms with Gasteiger partial charge in [-0.05, 0) is 24.5 Å². The summed E-state index contributed by atoms with van der Waals surface area (Å²) < 4.78 is 0. The van der Waals surface area contributed by atoms with Gasteiger partial charge in [0.05, 0.1) is 11.0 Å². The third-order valence-electron chi connectivity index (χ3n) is 4.08. The van der Waals surface area contributed by atoms with Crippen molar-refractivity contribution in [2.45, 2.75) is 51.0 Å². The molecule has 0 aliphatic heterocycles.